The van der Waals surface area contributed by atoms with Crippen LogP contribution in [0, 0.1) is 17.3 Å². The van der Waals surface area contributed by atoms with Crippen molar-refractivity contribution in [1.29, 1.82) is 0 Å². The molecule has 3 atom stereocenters. The Hall–Kier alpha value is -2.70. The highest BCUT2D eigenvalue weighted by Crippen LogP contribution is 2.60. The lowest BCUT2D eigenvalue weighted by Gasteiger charge is -2.16. The van der Waals surface area contributed by atoms with Gasteiger partial charge in [0, 0.05) is 5.56 Å². The molecule has 0 saturated heterocycles. The Bertz CT molecular complexity index is 983. The number of nitrogens with two attached hydrogens (primary N) is 1. The summed E-state index contributed by atoms with van der Waals surface area (Å²) in [7, 11) is 0. The molecule has 158 valence electrons. The Morgan fingerprint density at radius 2 is 1.80 bits per heavy atom. The molecule has 3 N–H and O–H groups in total. The number of amides is 1. The zero-order valence-electron chi connectivity index (χ0n) is 16.3. The molecule has 2 aromatic carbocycles. The van der Waals surface area contributed by atoms with Gasteiger partial charge in [0.1, 0.15) is 21.7 Å². The maximum Gasteiger partial charge on any atom is 0.311 e. The number of hydrogen-bond donors (Lipinski definition) is 2. The van der Waals surface area contributed by atoms with Crippen LogP contribution in [0.2, 0.25) is 0 Å². The topological polar surface area (TPSA) is 98.9 Å². The number of ether oxygens (including phenoxy) is 2. The van der Waals surface area contributed by atoms with E-state index in [9.17, 15) is 14.7 Å². The largest absolute Gasteiger partial charge is 0.508 e. The van der Waals surface area contributed by atoms with Gasteiger partial charge in [-0.05, 0) is 53.8 Å². The van der Waals surface area contributed by atoms with Gasteiger partial charge in [0.15, 0.2) is 0 Å². The Morgan fingerprint density at radius 3 is 2.40 bits per heavy atom. The molecular weight excluding hydrogens is 429 g/mol. The van der Waals surface area contributed by atoms with Gasteiger partial charge in [0.05, 0.1) is 5.92 Å². The fraction of sp³-hybridized carbons (Fsp3) is 0.273. The van der Waals surface area contributed by atoms with Crippen LogP contribution in [0.1, 0.15) is 25.5 Å². The minimum Gasteiger partial charge on any atom is -0.508 e. The van der Waals surface area contributed by atoms with Gasteiger partial charge in [-0.3, -0.25) is 9.59 Å². The number of esters is 1. The fourth-order valence-corrected chi connectivity index (χ4v) is 3.72. The van der Waals surface area contributed by atoms with Crippen LogP contribution in [-0.4, -0.2) is 17.0 Å². The Balaban J connectivity index is 1.77. The minimum absolute atomic E-state index is 0.0777. The van der Waals surface area contributed by atoms with Crippen molar-refractivity contribution < 1.29 is 24.2 Å². The highest BCUT2D eigenvalue weighted by atomic mass is 35.5. The summed E-state index contributed by atoms with van der Waals surface area (Å²) in [6.07, 6.45) is 0.328. The zero-order chi connectivity index (χ0) is 22.1. The second-order valence-corrected chi connectivity index (χ2v) is 8.68. The molecule has 0 radical (unpaired) electrons. The summed E-state index contributed by atoms with van der Waals surface area (Å²) < 4.78 is 11.3. The average molecular weight is 450 g/mol. The summed E-state index contributed by atoms with van der Waals surface area (Å²) in [5, 5.41) is 9.36. The third-order valence-electron chi connectivity index (χ3n) is 5.20. The van der Waals surface area contributed by atoms with Crippen LogP contribution in [0.25, 0.3) is 0 Å². The molecule has 3 rings (SSSR count). The summed E-state index contributed by atoms with van der Waals surface area (Å²) in [6.45, 7) is 3.78. The van der Waals surface area contributed by atoms with Crippen molar-refractivity contribution in [3.8, 4) is 17.2 Å². The monoisotopic (exact) mass is 449 g/mol. The Labute approximate surface area is 184 Å². The average Bonchev–Trinajstić information content (AvgIpc) is 3.20. The predicted octanol–water partition coefficient (Wildman–Crippen LogP) is 4.85. The third-order valence-corrected chi connectivity index (χ3v) is 5.45. The van der Waals surface area contributed by atoms with Crippen molar-refractivity contribution >= 4 is 35.1 Å². The van der Waals surface area contributed by atoms with E-state index in [-0.39, 0.29) is 16.2 Å². The van der Waals surface area contributed by atoms with Gasteiger partial charge in [-0.25, -0.2) is 0 Å². The molecule has 1 fully saturated rings. The number of carbonyl (C=O) groups is 2. The van der Waals surface area contributed by atoms with Crippen LogP contribution in [0.5, 0.6) is 17.2 Å². The molecule has 0 spiro atoms. The first-order valence-electron chi connectivity index (χ1n) is 9.19. The molecule has 0 bridgehead atoms. The van der Waals surface area contributed by atoms with Crippen LogP contribution in [0.3, 0.4) is 0 Å². The SMILES string of the molecule is CC1(C)C(C=C(Cl)Cl)C1C(=O)OC(C(N)=O)c1cccc(Oc2ccc(O)cc2)c1. The molecule has 0 aliphatic heterocycles. The molecule has 1 aliphatic carbocycles. The summed E-state index contributed by atoms with van der Waals surface area (Å²) in [5.41, 5.74) is 5.49. The fourth-order valence-electron chi connectivity index (χ4n) is 3.45. The number of primary amides is 1. The lowest BCUT2D eigenvalue weighted by atomic mass is 10.1. The number of benzene rings is 2. The molecule has 30 heavy (non-hydrogen) atoms. The van der Waals surface area contributed by atoms with E-state index in [0.717, 1.165) is 0 Å². The number of aromatic hydroxyl groups is 1. The zero-order valence-corrected chi connectivity index (χ0v) is 17.9. The normalized spacial score (nSPS) is 20.0. The van der Waals surface area contributed by atoms with Crippen molar-refractivity contribution in [3.05, 3.63) is 64.7 Å². The van der Waals surface area contributed by atoms with E-state index in [1.54, 1.807) is 42.5 Å². The number of carbonyl (C=O) groups excluding carboxylic acids is 2. The maximum absolute atomic E-state index is 12.7. The number of phenolic OH excluding ortho intramolecular Hbond substituents is 1. The van der Waals surface area contributed by atoms with Crippen LogP contribution in [-0.2, 0) is 14.3 Å². The molecule has 1 amide bonds. The van der Waals surface area contributed by atoms with Gasteiger partial charge >= 0.3 is 5.97 Å². The standard InChI is InChI=1S/C22H21Cl2NO5/c1-22(2)16(11-17(23)24)18(22)21(28)30-19(20(25)27)12-4-3-5-15(10-12)29-14-8-6-13(26)7-9-14/h3-11,16,18-19,26H,1-2H3,(H2,25,27). The first kappa shape index (κ1) is 22.0. The highest BCUT2D eigenvalue weighted by molar-refractivity contribution is 6.55. The van der Waals surface area contributed by atoms with Gasteiger partial charge in [-0.15, -0.1) is 0 Å². The molecule has 3 unspecified atom stereocenters. The first-order chi connectivity index (χ1) is 14.1. The van der Waals surface area contributed by atoms with E-state index in [1.165, 1.54) is 12.1 Å². The second kappa shape index (κ2) is 8.58. The van der Waals surface area contributed by atoms with Crippen LogP contribution < -0.4 is 10.5 Å². The Morgan fingerprint density at radius 1 is 1.13 bits per heavy atom. The van der Waals surface area contributed by atoms with Crippen molar-refractivity contribution in [2.24, 2.45) is 23.0 Å². The van der Waals surface area contributed by atoms with Crippen LogP contribution in [0.4, 0.5) is 0 Å². The number of hydrogen-bond acceptors (Lipinski definition) is 5. The molecule has 1 saturated carbocycles. The maximum atomic E-state index is 12.7. The lowest BCUT2D eigenvalue weighted by Crippen LogP contribution is -2.27. The number of halogens is 2. The van der Waals surface area contributed by atoms with E-state index in [4.69, 9.17) is 38.4 Å². The van der Waals surface area contributed by atoms with E-state index >= 15 is 0 Å². The van der Waals surface area contributed by atoms with E-state index in [2.05, 4.69) is 0 Å². The van der Waals surface area contributed by atoms with Gasteiger partial charge in [0.2, 0.25) is 6.10 Å². The van der Waals surface area contributed by atoms with E-state index < -0.39 is 29.3 Å². The minimum atomic E-state index is -1.27. The molecule has 2 aromatic rings. The number of phenols is 1. The number of rotatable bonds is 7. The molecule has 1 aliphatic rings. The summed E-state index contributed by atoms with van der Waals surface area (Å²) >= 11 is 11.5. The summed E-state index contributed by atoms with van der Waals surface area (Å²) in [6, 6.07) is 12.7. The molecule has 8 heteroatoms. The van der Waals surface area contributed by atoms with Gasteiger partial charge < -0.3 is 20.3 Å². The molecular formula is C22H21Cl2NO5. The quantitative estimate of drug-likeness (QED) is 0.588. The van der Waals surface area contributed by atoms with E-state index in [1.807, 2.05) is 13.8 Å². The van der Waals surface area contributed by atoms with Gasteiger partial charge in [-0.1, -0.05) is 49.2 Å². The predicted molar refractivity (Wildman–Crippen MR) is 113 cm³/mol. The third kappa shape index (κ3) is 4.89. The number of allylic oxidation sites excluding steroid dienone is 1. The Kier molecular flexibility index (Phi) is 6.29. The molecule has 6 nitrogen and oxygen atoms in total. The molecule has 0 heterocycles. The van der Waals surface area contributed by atoms with Crippen molar-refractivity contribution in [1.82, 2.24) is 0 Å². The smallest absolute Gasteiger partial charge is 0.311 e. The van der Waals surface area contributed by atoms with Gasteiger partial charge in [0.25, 0.3) is 5.91 Å². The summed E-state index contributed by atoms with van der Waals surface area (Å²) in [5.74, 6) is -0.998. The van der Waals surface area contributed by atoms with Crippen molar-refractivity contribution in [2.75, 3.05) is 0 Å². The van der Waals surface area contributed by atoms with E-state index in [0.29, 0.717) is 17.1 Å². The summed E-state index contributed by atoms with van der Waals surface area (Å²) in [4.78, 5) is 24.7. The first-order valence-corrected chi connectivity index (χ1v) is 9.94. The molecule has 0 aromatic heterocycles. The van der Waals surface area contributed by atoms with Crippen molar-refractivity contribution in [2.45, 2.75) is 20.0 Å². The highest BCUT2D eigenvalue weighted by Gasteiger charge is 2.62. The van der Waals surface area contributed by atoms with Crippen LogP contribution in [0.15, 0.2) is 59.1 Å². The lowest BCUT2D eigenvalue weighted by molar-refractivity contribution is -0.157. The van der Waals surface area contributed by atoms with Crippen molar-refractivity contribution in [3.63, 3.8) is 0 Å². The second-order valence-electron chi connectivity index (χ2n) is 7.67. The van der Waals surface area contributed by atoms with Gasteiger partial charge in [-0.2, -0.15) is 0 Å². The van der Waals surface area contributed by atoms with Crippen LogP contribution >= 0.6 is 23.2 Å².